The van der Waals surface area contributed by atoms with Gasteiger partial charge in [-0.25, -0.2) is 9.97 Å². The summed E-state index contributed by atoms with van der Waals surface area (Å²) in [7, 11) is 0. The average Bonchev–Trinajstić information content (AvgIpc) is 2.61. The molecule has 2 aromatic heterocycles. The Morgan fingerprint density at radius 1 is 1.33 bits per heavy atom. The zero-order chi connectivity index (χ0) is 16.9. The van der Waals surface area contributed by atoms with Gasteiger partial charge in [0.15, 0.2) is 5.82 Å². The summed E-state index contributed by atoms with van der Waals surface area (Å²) in [5, 5.41) is 10.7. The van der Waals surface area contributed by atoms with Crippen LogP contribution in [0.15, 0.2) is 30.7 Å². The molecule has 1 saturated heterocycles. The van der Waals surface area contributed by atoms with Crippen LogP contribution in [0.1, 0.15) is 36.1 Å². The Morgan fingerprint density at radius 3 is 2.96 bits per heavy atom. The second-order valence-corrected chi connectivity index (χ2v) is 5.82. The molecule has 3 heterocycles. The highest BCUT2D eigenvalue weighted by atomic mass is 16.5. The van der Waals surface area contributed by atoms with Crippen molar-refractivity contribution in [2.24, 2.45) is 0 Å². The third-order valence-electron chi connectivity index (χ3n) is 3.63. The molecule has 1 N–H and O–H groups in total. The Bertz CT molecular complexity index is 694. The molecule has 1 aliphatic rings. The Labute approximate surface area is 140 Å². The molecule has 1 fully saturated rings. The largest absolute Gasteiger partial charge is 0.377 e. The Hall–Kier alpha value is -2.61. The maximum absolute atomic E-state index is 12.8. The van der Waals surface area contributed by atoms with Crippen LogP contribution in [0.5, 0.6) is 0 Å². The van der Waals surface area contributed by atoms with Gasteiger partial charge >= 0.3 is 0 Å². The number of anilines is 1. The normalized spacial score (nSPS) is 17.8. The number of aromatic nitrogens is 4. The number of carbonyl (C=O) groups is 1. The van der Waals surface area contributed by atoms with E-state index in [0.717, 1.165) is 5.82 Å². The molecule has 1 aliphatic heterocycles. The second kappa shape index (κ2) is 7.31. The number of morpholine rings is 1. The van der Waals surface area contributed by atoms with Crippen molar-refractivity contribution in [1.82, 2.24) is 25.1 Å². The monoisotopic (exact) mass is 328 g/mol. The van der Waals surface area contributed by atoms with E-state index in [4.69, 9.17) is 4.74 Å². The Balaban J connectivity index is 1.86. The van der Waals surface area contributed by atoms with Crippen LogP contribution in [-0.4, -0.2) is 56.8 Å². The van der Waals surface area contributed by atoms with E-state index in [-0.39, 0.29) is 18.0 Å². The summed E-state index contributed by atoms with van der Waals surface area (Å²) in [6, 6.07) is 3.40. The number of carbonyl (C=O) groups excluding carboxylic acids is 1. The van der Waals surface area contributed by atoms with E-state index in [2.05, 4.69) is 25.5 Å². The van der Waals surface area contributed by atoms with Gasteiger partial charge in [0.25, 0.3) is 5.91 Å². The van der Waals surface area contributed by atoms with Crippen LogP contribution >= 0.6 is 0 Å². The number of ether oxygens (including phenoxy) is 1. The Morgan fingerprint density at radius 2 is 2.21 bits per heavy atom. The fraction of sp³-hybridized carbons (Fsp3) is 0.438. The first-order valence-electron chi connectivity index (χ1n) is 7.90. The summed E-state index contributed by atoms with van der Waals surface area (Å²) in [5.41, 5.74) is 0.494. The minimum absolute atomic E-state index is 0.121. The molecule has 1 amide bonds. The third kappa shape index (κ3) is 3.65. The van der Waals surface area contributed by atoms with Gasteiger partial charge in [-0.15, -0.1) is 0 Å². The van der Waals surface area contributed by atoms with Crippen molar-refractivity contribution >= 4 is 11.7 Å². The molecule has 0 unspecified atom stereocenters. The van der Waals surface area contributed by atoms with Gasteiger partial charge in [-0.2, -0.15) is 10.2 Å². The molecular weight excluding hydrogens is 308 g/mol. The average molecular weight is 328 g/mol. The number of rotatable bonds is 4. The van der Waals surface area contributed by atoms with Crippen molar-refractivity contribution in [1.29, 1.82) is 0 Å². The van der Waals surface area contributed by atoms with Crippen LogP contribution in [0.3, 0.4) is 0 Å². The number of nitrogens with zero attached hydrogens (tertiary/aromatic N) is 5. The lowest BCUT2D eigenvalue weighted by atomic mass is 10.1. The van der Waals surface area contributed by atoms with Gasteiger partial charge in [0, 0.05) is 18.8 Å². The minimum atomic E-state index is -0.326. The number of hydrogen-bond acceptors (Lipinski definition) is 7. The summed E-state index contributed by atoms with van der Waals surface area (Å²) < 4.78 is 5.55. The van der Waals surface area contributed by atoms with E-state index >= 15 is 0 Å². The summed E-state index contributed by atoms with van der Waals surface area (Å²) in [6.07, 6.45) is 4.66. The van der Waals surface area contributed by atoms with Crippen LogP contribution in [-0.2, 0) is 4.74 Å². The van der Waals surface area contributed by atoms with E-state index in [0.29, 0.717) is 31.1 Å². The summed E-state index contributed by atoms with van der Waals surface area (Å²) >= 11 is 0. The smallest absolute Gasteiger partial charge is 0.256 e. The van der Waals surface area contributed by atoms with Crippen LogP contribution in [0.4, 0.5) is 5.82 Å². The van der Waals surface area contributed by atoms with Gasteiger partial charge in [-0.3, -0.25) is 4.79 Å². The standard InChI is InChI=1S/C16H20N6O2/c1-11(2)20-14-4-5-17-15(21-14)13-10-24-8-7-22(13)16(23)12-3-6-18-19-9-12/h3-6,9,11,13H,7-8,10H2,1-2H3,(H,17,20,21)/t13-/m0/s1. The van der Waals surface area contributed by atoms with Gasteiger partial charge in [-0.1, -0.05) is 0 Å². The van der Waals surface area contributed by atoms with Crippen LogP contribution in [0.2, 0.25) is 0 Å². The van der Waals surface area contributed by atoms with Gasteiger partial charge in [0.05, 0.1) is 31.2 Å². The van der Waals surface area contributed by atoms with Gasteiger partial charge in [-0.05, 0) is 26.0 Å². The molecule has 24 heavy (non-hydrogen) atoms. The maximum atomic E-state index is 12.8. The first-order chi connectivity index (χ1) is 11.6. The van der Waals surface area contributed by atoms with Crippen molar-refractivity contribution in [2.45, 2.75) is 25.9 Å². The lowest BCUT2D eigenvalue weighted by Gasteiger charge is -2.34. The molecule has 0 radical (unpaired) electrons. The molecule has 0 spiro atoms. The molecule has 3 rings (SSSR count). The fourth-order valence-electron chi connectivity index (χ4n) is 2.55. The Kier molecular flexibility index (Phi) is 4.95. The topological polar surface area (TPSA) is 93.1 Å². The maximum Gasteiger partial charge on any atom is 0.256 e. The van der Waals surface area contributed by atoms with E-state index in [1.807, 2.05) is 19.9 Å². The molecule has 8 nitrogen and oxygen atoms in total. The van der Waals surface area contributed by atoms with E-state index in [9.17, 15) is 4.79 Å². The van der Waals surface area contributed by atoms with E-state index in [1.54, 1.807) is 17.2 Å². The predicted molar refractivity (Wildman–Crippen MR) is 87.4 cm³/mol. The van der Waals surface area contributed by atoms with Crippen molar-refractivity contribution in [2.75, 3.05) is 25.1 Å². The van der Waals surface area contributed by atoms with Crippen LogP contribution in [0, 0.1) is 0 Å². The molecular formula is C16H20N6O2. The molecule has 0 aromatic carbocycles. The predicted octanol–water partition coefficient (Wildman–Crippen LogP) is 1.30. The first-order valence-corrected chi connectivity index (χ1v) is 7.90. The molecule has 126 valence electrons. The summed E-state index contributed by atoms with van der Waals surface area (Å²) in [6.45, 7) is 5.42. The summed E-state index contributed by atoms with van der Waals surface area (Å²) in [5.74, 6) is 1.18. The highest BCUT2D eigenvalue weighted by Gasteiger charge is 2.31. The molecule has 1 atom stereocenters. The van der Waals surface area contributed by atoms with Crippen LogP contribution < -0.4 is 5.32 Å². The number of amides is 1. The second-order valence-electron chi connectivity index (χ2n) is 5.82. The zero-order valence-corrected chi connectivity index (χ0v) is 13.7. The fourth-order valence-corrected chi connectivity index (χ4v) is 2.55. The highest BCUT2D eigenvalue weighted by molar-refractivity contribution is 5.94. The molecule has 8 heteroatoms. The van der Waals surface area contributed by atoms with Gasteiger partial charge in [0.2, 0.25) is 0 Å². The first kappa shape index (κ1) is 16.3. The lowest BCUT2D eigenvalue weighted by molar-refractivity contribution is -0.00522. The van der Waals surface area contributed by atoms with Crippen molar-refractivity contribution in [3.63, 3.8) is 0 Å². The van der Waals surface area contributed by atoms with Gasteiger partial charge in [0.1, 0.15) is 11.9 Å². The van der Waals surface area contributed by atoms with E-state index in [1.165, 1.54) is 12.4 Å². The molecule has 0 bridgehead atoms. The molecule has 0 saturated carbocycles. The lowest BCUT2D eigenvalue weighted by Crippen LogP contribution is -2.44. The molecule has 0 aliphatic carbocycles. The number of hydrogen-bond donors (Lipinski definition) is 1. The van der Waals surface area contributed by atoms with Crippen LogP contribution in [0.25, 0.3) is 0 Å². The van der Waals surface area contributed by atoms with E-state index < -0.39 is 0 Å². The number of nitrogens with one attached hydrogen (secondary N) is 1. The quantitative estimate of drug-likeness (QED) is 0.904. The van der Waals surface area contributed by atoms with Gasteiger partial charge < -0.3 is 15.0 Å². The minimum Gasteiger partial charge on any atom is -0.377 e. The van der Waals surface area contributed by atoms with Crippen molar-refractivity contribution in [3.8, 4) is 0 Å². The molecule has 2 aromatic rings. The van der Waals surface area contributed by atoms with Crippen molar-refractivity contribution in [3.05, 3.63) is 42.1 Å². The third-order valence-corrected chi connectivity index (χ3v) is 3.63. The summed E-state index contributed by atoms with van der Waals surface area (Å²) in [4.78, 5) is 23.4. The zero-order valence-electron chi connectivity index (χ0n) is 13.7. The SMILES string of the molecule is CC(C)Nc1ccnc([C@@H]2COCCN2C(=O)c2ccnnc2)n1. The highest BCUT2D eigenvalue weighted by Crippen LogP contribution is 2.24. The van der Waals surface area contributed by atoms with Crippen molar-refractivity contribution < 1.29 is 9.53 Å².